The highest BCUT2D eigenvalue weighted by molar-refractivity contribution is 5.41. The van der Waals surface area contributed by atoms with Crippen molar-refractivity contribution in [3.05, 3.63) is 23.9 Å². The molecule has 0 unspecified atom stereocenters. The van der Waals surface area contributed by atoms with Gasteiger partial charge in [-0.15, -0.1) is 0 Å². The summed E-state index contributed by atoms with van der Waals surface area (Å²) in [7, 11) is 3.66. The van der Waals surface area contributed by atoms with Crippen LogP contribution < -0.4 is 10.6 Å². The molecule has 0 amide bonds. The molecule has 0 fully saturated rings. The van der Waals surface area contributed by atoms with Crippen LogP contribution in [0.1, 0.15) is 11.5 Å². The van der Waals surface area contributed by atoms with Crippen LogP contribution in [-0.2, 0) is 13.5 Å². The summed E-state index contributed by atoms with van der Waals surface area (Å²) in [5.41, 5.74) is 0.924. The van der Waals surface area contributed by atoms with Gasteiger partial charge in [-0.3, -0.25) is 4.68 Å². The third-order valence-electron chi connectivity index (χ3n) is 2.38. The summed E-state index contributed by atoms with van der Waals surface area (Å²) < 4.78 is 1.70. The van der Waals surface area contributed by atoms with E-state index < -0.39 is 0 Å². The van der Waals surface area contributed by atoms with E-state index in [0.717, 1.165) is 30.3 Å². The Morgan fingerprint density at radius 3 is 2.83 bits per heavy atom. The van der Waals surface area contributed by atoms with Gasteiger partial charge in [-0.2, -0.15) is 10.1 Å². The number of anilines is 2. The van der Waals surface area contributed by atoms with Crippen LogP contribution in [0, 0.1) is 6.92 Å². The Morgan fingerprint density at radius 1 is 1.33 bits per heavy atom. The lowest BCUT2D eigenvalue weighted by molar-refractivity contribution is 0.741. The Morgan fingerprint density at radius 2 is 2.17 bits per heavy atom. The largest absolute Gasteiger partial charge is 0.369 e. The predicted molar refractivity (Wildman–Crippen MR) is 69.5 cm³/mol. The summed E-state index contributed by atoms with van der Waals surface area (Å²) in [4.78, 5) is 12.7. The molecule has 7 nitrogen and oxygen atoms in total. The van der Waals surface area contributed by atoms with E-state index in [4.69, 9.17) is 0 Å². The monoisotopic (exact) mass is 247 g/mol. The van der Waals surface area contributed by atoms with E-state index in [1.54, 1.807) is 18.1 Å². The number of aromatic nitrogens is 5. The zero-order chi connectivity index (χ0) is 13.0. The first-order chi connectivity index (χ1) is 8.67. The van der Waals surface area contributed by atoms with E-state index in [1.165, 1.54) is 0 Å². The molecule has 0 spiro atoms. The average molecular weight is 247 g/mol. The van der Waals surface area contributed by atoms with Gasteiger partial charge in [-0.25, -0.2) is 9.97 Å². The Bertz CT molecular complexity index is 520. The molecule has 0 bridgehead atoms. The molecule has 96 valence electrons. The number of hydrogen-bond donors (Lipinski definition) is 2. The molecule has 2 rings (SSSR count). The maximum atomic E-state index is 4.31. The van der Waals surface area contributed by atoms with Crippen molar-refractivity contribution < 1.29 is 0 Å². The van der Waals surface area contributed by atoms with E-state index in [2.05, 4.69) is 30.7 Å². The van der Waals surface area contributed by atoms with Crippen molar-refractivity contribution in [1.82, 2.24) is 24.7 Å². The molecule has 0 saturated heterocycles. The summed E-state index contributed by atoms with van der Waals surface area (Å²) in [6, 6.07) is 1.91. The van der Waals surface area contributed by atoms with E-state index in [0.29, 0.717) is 5.95 Å². The molecule has 2 N–H and O–H groups in total. The second-order valence-corrected chi connectivity index (χ2v) is 3.98. The third-order valence-corrected chi connectivity index (χ3v) is 2.38. The summed E-state index contributed by atoms with van der Waals surface area (Å²) in [6.45, 7) is 2.68. The summed E-state index contributed by atoms with van der Waals surface area (Å²) in [5, 5.41) is 10.4. The highest BCUT2D eigenvalue weighted by Crippen LogP contribution is 2.08. The second kappa shape index (κ2) is 5.44. The fraction of sp³-hybridized carbons (Fsp3) is 0.455. The molecule has 0 aliphatic carbocycles. The van der Waals surface area contributed by atoms with Crippen molar-refractivity contribution in [2.24, 2.45) is 7.05 Å². The number of aryl methyl sites for hydroxylation is 2. The Balaban J connectivity index is 1.91. The number of hydrogen-bond acceptors (Lipinski definition) is 6. The third kappa shape index (κ3) is 3.16. The van der Waals surface area contributed by atoms with Crippen LogP contribution in [0.2, 0.25) is 0 Å². The molecular weight excluding hydrogens is 230 g/mol. The molecule has 7 heteroatoms. The van der Waals surface area contributed by atoms with Crippen molar-refractivity contribution in [2.75, 3.05) is 24.2 Å². The highest BCUT2D eigenvalue weighted by Gasteiger charge is 2.02. The van der Waals surface area contributed by atoms with Gasteiger partial charge in [0.15, 0.2) is 5.82 Å². The lowest BCUT2D eigenvalue weighted by atomic mass is 10.4. The van der Waals surface area contributed by atoms with Crippen molar-refractivity contribution in [3.8, 4) is 0 Å². The molecule has 0 radical (unpaired) electrons. The summed E-state index contributed by atoms with van der Waals surface area (Å²) in [5.74, 6) is 2.25. The number of rotatable bonds is 5. The quantitative estimate of drug-likeness (QED) is 0.805. The zero-order valence-electron chi connectivity index (χ0n) is 10.8. The van der Waals surface area contributed by atoms with E-state index >= 15 is 0 Å². The Labute approximate surface area is 106 Å². The summed E-state index contributed by atoms with van der Waals surface area (Å²) >= 11 is 0. The second-order valence-electron chi connectivity index (χ2n) is 3.98. The van der Waals surface area contributed by atoms with Crippen LogP contribution >= 0.6 is 0 Å². The normalized spacial score (nSPS) is 10.4. The fourth-order valence-corrected chi connectivity index (χ4v) is 1.57. The smallest absolute Gasteiger partial charge is 0.224 e. The van der Waals surface area contributed by atoms with Gasteiger partial charge in [0.05, 0.1) is 0 Å². The van der Waals surface area contributed by atoms with Gasteiger partial charge in [0.1, 0.15) is 12.1 Å². The molecule has 0 saturated carbocycles. The molecule has 0 aliphatic heterocycles. The molecule has 0 aromatic carbocycles. The maximum Gasteiger partial charge on any atom is 0.224 e. The molecule has 2 aromatic heterocycles. The van der Waals surface area contributed by atoms with Gasteiger partial charge in [-0.05, 0) is 6.92 Å². The molecule has 18 heavy (non-hydrogen) atoms. The van der Waals surface area contributed by atoms with Gasteiger partial charge in [0.25, 0.3) is 0 Å². The molecule has 2 aromatic rings. The lowest BCUT2D eigenvalue weighted by Gasteiger charge is -2.07. The minimum absolute atomic E-state index is 0.619. The van der Waals surface area contributed by atoms with Gasteiger partial charge in [-0.1, -0.05) is 0 Å². The van der Waals surface area contributed by atoms with Gasteiger partial charge in [0, 0.05) is 38.8 Å². The molecule has 0 aliphatic rings. The van der Waals surface area contributed by atoms with Crippen molar-refractivity contribution in [2.45, 2.75) is 13.3 Å². The van der Waals surface area contributed by atoms with E-state index in [9.17, 15) is 0 Å². The Hall–Kier alpha value is -2.18. The molecular formula is C11H17N7. The topological polar surface area (TPSA) is 80.5 Å². The minimum atomic E-state index is 0.619. The van der Waals surface area contributed by atoms with Crippen LogP contribution in [0.5, 0.6) is 0 Å². The van der Waals surface area contributed by atoms with E-state index in [-0.39, 0.29) is 0 Å². The fourth-order valence-electron chi connectivity index (χ4n) is 1.57. The first-order valence-electron chi connectivity index (χ1n) is 5.79. The van der Waals surface area contributed by atoms with E-state index in [1.807, 2.05) is 20.0 Å². The van der Waals surface area contributed by atoms with Crippen LogP contribution in [-0.4, -0.2) is 38.3 Å². The van der Waals surface area contributed by atoms with Gasteiger partial charge in [0.2, 0.25) is 5.95 Å². The summed E-state index contributed by atoms with van der Waals surface area (Å²) in [6.07, 6.45) is 2.46. The standard InChI is InChI=1S/C11H17N7/c1-8-6-10(16-11(12-2)15-8)13-5-4-9-14-7-18(3)17-9/h6-7H,4-5H2,1-3H3,(H2,12,13,15,16). The van der Waals surface area contributed by atoms with Crippen LogP contribution in [0.25, 0.3) is 0 Å². The molecule has 0 atom stereocenters. The van der Waals surface area contributed by atoms with Crippen LogP contribution in [0.15, 0.2) is 12.4 Å². The SMILES string of the molecule is CNc1nc(C)cc(NCCc2ncn(C)n2)n1. The van der Waals surface area contributed by atoms with Crippen molar-refractivity contribution in [3.63, 3.8) is 0 Å². The van der Waals surface area contributed by atoms with Crippen LogP contribution in [0.4, 0.5) is 11.8 Å². The first-order valence-corrected chi connectivity index (χ1v) is 5.79. The number of nitrogens with zero attached hydrogens (tertiary/aromatic N) is 5. The predicted octanol–water partition coefficient (Wildman–Crippen LogP) is 0.610. The average Bonchev–Trinajstić information content (AvgIpc) is 2.74. The first kappa shape index (κ1) is 12.3. The minimum Gasteiger partial charge on any atom is -0.369 e. The lowest BCUT2D eigenvalue weighted by Crippen LogP contribution is -2.09. The number of nitrogens with one attached hydrogen (secondary N) is 2. The zero-order valence-corrected chi connectivity index (χ0v) is 10.8. The molecule has 2 heterocycles. The van der Waals surface area contributed by atoms with Crippen LogP contribution in [0.3, 0.4) is 0 Å². The van der Waals surface area contributed by atoms with Crippen molar-refractivity contribution >= 4 is 11.8 Å². The van der Waals surface area contributed by atoms with Crippen molar-refractivity contribution in [1.29, 1.82) is 0 Å². The Kier molecular flexibility index (Phi) is 3.71. The highest BCUT2D eigenvalue weighted by atomic mass is 15.3. The maximum absolute atomic E-state index is 4.31. The van der Waals surface area contributed by atoms with Gasteiger partial charge >= 0.3 is 0 Å². The van der Waals surface area contributed by atoms with Gasteiger partial charge < -0.3 is 10.6 Å².